The highest BCUT2D eigenvalue weighted by atomic mass is 32.2. The third-order valence-electron chi connectivity index (χ3n) is 9.20. The normalized spacial score (nSPS) is 22.0. The predicted molar refractivity (Wildman–Crippen MR) is 178 cm³/mol. The zero-order valence-corrected chi connectivity index (χ0v) is 26.3. The number of hydrogen-bond acceptors (Lipinski definition) is 8. The number of aromatic nitrogens is 3. The molecule has 0 spiro atoms. The molecule has 7 rings (SSSR count). The van der Waals surface area contributed by atoms with Gasteiger partial charge < -0.3 is 10.6 Å². The number of Topliss-reactive ketones (excluding diaryl/α,β-unsaturated/α-hetero) is 1. The van der Waals surface area contributed by atoms with Crippen molar-refractivity contribution in [2.24, 2.45) is 0 Å². The first-order valence-electron chi connectivity index (χ1n) is 15.5. The van der Waals surface area contributed by atoms with Gasteiger partial charge in [-0.05, 0) is 88.6 Å². The molecule has 9 heteroatoms. The van der Waals surface area contributed by atoms with E-state index >= 15 is 0 Å². The summed E-state index contributed by atoms with van der Waals surface area (Å²) in [6, 6.07) is 17.2. The van der Waals surface area contributed by atoms with E-state index in [-0.39, 0.29) is 17.4 Å². The first-order chi connectivity index (χ1) is 21.3. The summed E-state index contributed by atoms with van der Waals surface area (Å²) in [6.07, 6.45) is 8.11. The summed E-state index contributed by atoms with van der Waals surface area (Å²) in [6.45, 7) is 6.92. The number of carbonyl (C=O) groups excluding carboxylic acids is 1. The van der Waals surface area contributed by atoms with Gasteiger partial charge in [-0.3, -0.25) is 19.1 Å². The molecule has 2 aromatic heterocycles. The first kappa shape index (κ1) is 29.0. The predicted octanol–water partition coefficient (Wildman–Crippen LogP) is 6.38. The molecular formula is C35H38N6O2S. The highest BCUT2D eigenvalue weighted by molar-refractivity contribution is 8.00. The van der Waals surface area contributed by atoms with Gasteiger partial charge in [-0.15, -0.1) is 11.8 Å². The Labute approximate surface area is 262 Å². The van der Waals surface area contributed by atoms with Crippen molar-refractivity contribution in [2.45, 2.75) is 61.3 Å². The van der Waals surface area contributed by atoms with Gasteiger partial charge in [0.15, 0.2) is 5.78 Å². The minimum atomic E-state index is -0.730. The number of fused-ring (bicyclic) bond motifs is 2. The van der Waals surface area contributed by atoms with Crippen LogP contribution in [0.3, 0.4) is 0 Å². The van der Waals surface area contributed by atoms with Crippen LogP contribution in [-0.4, -0.2) is 56.6 Å². The van der Waals surface area contributed by atoms with Crippen LogP contribution < -0.4 is 16.2 Å². The summed E-state index contributed by atoms with van der Waals surface area (Å²) >= 11 is 1.64. The van der Waals surface area contributed by atoms with Crippen LogP contribution in [0.1, 0.15) is 73.1 Å². The molecule has 2 unspecified atom stereocenters. The molecule has 8 nitrogen and oxygen atoms in total. The molecule has 44 heavy (non-hydrogen) atoms. The summed E-state index contributed by atoms with van der Waals surface area (Å²) in [5.41, 5.74) is 5.10. The van der Waals surface area contributed by atoms with E-state index in [0.29, 0.717) is 22.7 Å². The van der Waals surface area contributed by atoms with Gasteiger partial charge in [0, 0.05) is 50.6 Å². The van der Waals surface area contributed by atoms with Crippen molar-refractivity contribution in [3.05, 3.63) is 93.9 Å². The van der Waals surface area contributed by atoms with Crippen molar-refractivity contribution in [1.82, 2.24) is 24.8 Å². The maximum atomic E-state index is 14.6. The van der Waals surface area contributed by atoms with Crippen molar-refractivity contribution >= 4 is 45.8 Å². The molecule has 1 saturated heterocycles. The van der Waals surface area contributed by atoms with E-state index in [1.807, 2.05) is 56.3 Å². The summed E-state index contributed by atoms with van der Waals surface area (Å²) in [7, 11) is 2.08. The second kappa shape index (κ2) is 11.6. The van der Waals surface area contributed by atoms with Crippen molar-refractivity contribution in [3.8, 4) is 0 Å². The van der Waals surface area contributed by atoms with E-state index in [0.717, 1.165) is 61.3 Å². The van der Waals surface area contributed by atoms with Crippen LogP contribution in [0.4, 0.5) is 11.6 Å². The number of thioether (sulfide) groups is 1. The Balaban J connectivity index is 1.34. The van der Waals surface area contributed by atoms with Gasteiger partial charge in [-0.2, -0.15) is 4.98 Å². The molecule has 2 N–H and O–H groups in total. The van der Waals surface area contributed by atoms with Gasteiger partial charge in [0.1, 0.15) is 11.7 Å². The zero-order valence-electron chi connectivity index (χ0n) is 25.5. The number of ketones is 1. The molecule has 0 saturated carbocycles. The lowest BCUT2D eigenvalue weighted by Gasteiger charge is -2.39. The van der Waals surface area contributed by atoms with Crippen LogP contribution in [0.15, 0.2) is 76.6 Å². The van der Waals surface area contributed by atoms with Gasteiger partial charge in [-0.25, -0.2) is 4.98 Å². The van der Waals surface area contributed by atoms with Gasteiger partial charge in [0.25, 0.3) is 5.56 Å². The molecule has 0 bridgehead atoms. The van der Waals surface area contributed by atoms with Crippen molar-refractivity contribution in [1.29, 1.82) is 0 Å². The van der Waals surface area contributed by atoms with E-state index in [1.54, 1.807) is 22.5 Å². The summed E-state index contributed by atoms with van der Waals surface area (Å²) in [4.78, 5) is 41.7. The molecular weight excluding hydrogens is 568 g/mol. The fourth-order valence-corrected chi connectivity index (χ4v) is 8.24. The number of piperidine rings is 1. The number of pyridine rings is 1. The van der Waals surface area contributed by atoms with Gasteiger partial charge in [-0.1, -0.05) is 42.8 Å². The molecule has 1 fully saturated rings. The Morgan fingerprint density at radius 3 is 2.66 bits per heavy atom. The topological polar surface area (TPSA) is 92.2 Å². The van der Waals surface area contributed by atoms with Crippen LogP contribution in [0.2, 0.25) is 0 Å². The molecule has 3 aliphatic rings. The lowest BCUT2D eigenvalue weighted by atomic mass is 9.91. The number of anilines is 2. The van der Waals surface area contributed by atoms with Crippen molar-refractivity contribution < 1.29 is 4.79 Å². The number of benzene rings is 2. The van der Waals surface area contributed by atoms with Crippen LogP contribution in [0.5, 0.6) is 0 Å². The zero-order chi connectivity index (χ0) is 30.4. The highest BCUT2D eigenvalue weighted by Gasteiger charge is 2.45. The molecule has 0 amide bonds. The Kier molecular flexibility index (Phi) is 7.64. The number of hydrogen-bond donors (Lipinski definition) is 2. The highest BCUT2D eigenvalue weighted by Crippen LogP contribution is 2.48. The van der Waals surface area contributed by atoms with E-state index in [9.17, 15) is 9.59 Å². The van der Waals surface area contributed by atoms with Crippen LogP contribution in [0.25, 0.3) is 16.6 Å². The summed E-state index contributed by atoms with van der Waals surface area (Å²) in [5.74, 6) is 0.328. The van der Waals surface area contributed by atoms with Crippen LogP contribution in [-0.2, 0) is 0 Å². The molecule has 226 valence electrons. The lowest BCUT2D eigenvalue weighted by molar-refractivity contribution is 0.0897. The fourth-order valence-electron chi connectivity index (χ4n) is 6.92. The van der Waals surface area contributed by atoms with E-state index in [1.165, 1.54) is 11.1 Å². The van der Waals surface area contributed by atoms with E-state index in [2.05, 4.69) is 45.8 Å². The quantitative estimate of drug-likeness (QED) is 0.271. The van der Waals surface area contributed by atoms with Gasteiger partial charge in [0.05, 0.1) is 0 Å². The van der Waals surface area contributed by atoms with Crippen molar-refractivity contribution in [2.75, 3.05) is 32.0 Å². The van der Waals surface area contributed by atoms with E-state index < -0.39 is 10.8 Å². The average Bonchev–Trinajstić information content (AvgIpc) is 3.03. The van der Waals surface area contributed by atoms with E-state index in [4.69, 9.17) is 4.98 Å². The molecule has 2 aromatic carbocycles. The largest absolute Gasteiger partial charge is 0.324 e. The average molecular weight is 607 g/mol. The monoisotopic (exact) mass is 606 g/mol. The third-order valence-corrected chi connectivity index (χ3v) is 10.5. The molecule has 0 aliphatic carbocycles. The minimum absolute atomic E-state index is 0.0139. The molecule has 3 aliphatic heterocycles. The number of nitrogens with zero attached hydrogens (tertiary/aromatic N) is 4. The number of nitrogens with one attached hydrogen (secondary N) is 2. The Morgan fingerprint density at radius 1 is 1.07 bits per heavy atom. The Bertz CT molecular complexity index is 1830. The molecule has 2 atom stereocenters. The van der Waals surface area contributed by atoms with Crippen molar-refractivity contribution in [3.63, 3.8) is 0 Å². The minimum Gasteiger partial charge on any atom is -0.324 e. The Morgan fingerprint density at radius 2 is 1.89 bits per heavy atom. The Hall–Kier alpha value is -3.79. The second-order valence-corrected chi connectivity index (χ2v) is 14.3. The molecule has 0 radical (unpaired) electrons. The van der Waals surface area contributed by atoms with Gasteiger partial charge >= 0.3 is 0 Å². The number of carbonyl (C=O) groups is 1. The SMILES string of the molecule is CN1CCCCC1c1cc2cnc(Nc3ccc(C4=CCNCC4)cc3)nc2n(C2C(=O)c3ccccc3SC2(C)C)c1=O. The molecule has 5 heterocycles. The van der Waals surface area contributed by atoms with Crippen LogP contribution >= 0.6 is 11.8 Å². The third kappa shape index (κ3) is 5.27. The number of likely N-dealkylation sites (tertiary alicyclic amines) is 1. The second-order valence-electron chi connectivity index (χ2n) is 12.6. The first-order valence-corrected chi connectivity index (χ1v) is 16.3. The standard InChI is InChI=1S/C35H38N6O2S/c1-35(2)31(30(42)26-8-4-5-10-29(26)44-35)41-32-24(20-27(33(41)43)28-9-6-7-19-40(28)3)21-37-34(39-32)38-25-13-11-22(12-14-25)23-15-17-36-18-16-23/h4-5,8,10-15,20-21,28,31,36H,6-7,9,16-19H2,1-3H3,(H,37,38,39). The summed E-state index contributed by atoms with van der Waals surface area (Å²) in [5, 5.41) is 7.45. The fraction of sp³-hybridized carbons (Fsp3) is 0.371. The summed E-state index contributed by atoms with van der Waals surface area (Å²) < 4.78 is 1.09. The van der Waals surface area contributed by atoms with Crippen LogP contribution in [0, 0.1) is 0 Å². The lowest BCUT2D eigenvalue weighted by Crippen LogP contribution is -2.46. The maximum Gasteiger partial charge on any atom is 0.257 e. The van der Waals surface area contributed by atoms with Gasteiger partial charge in [0.2, 0.25) is 5.95 Å². The smallest absolute Gasteiger partial charge is 0.257 e. The number of rotatable bonds is 5. The maximum absolute atomic E-state index is 14.6. The molecule has 4 aromatic rings.